The first kappa shape index (κ1) is 13.9. The molecule has 0 atom stereocenters. The molecule has 0 spiro atoms. The van der Waals surface area contributed by atoms with Gasteiger partial charge in [0.15, 0.2) is 5.82 Å². The lowest BCUT2D eigenvalue weighted by molar-refractivity contribution is 0.0992. The number of ether oxygens (including phenoxy) is 1. The van der Waals surface area contributed by atoms with Gasteiger partial charge in [0.25, 0.3) is 0 Å². The van der Waals surface area contributed by atoms with Gasteiger partial charge in [-0.1, -0.05) is 11.6 Å². The first-order valence-corrected chi connectivity index (χ1v) is 6.12. The SMILES string of the molecule is OCCOCCNc1ncnc2c(F)cc(Cl)cc12. The van der Waals surface area contributed by atoms with Gasteiger partial charge in [-0.25, -0.2) is 14.4 Å². The summed E-state index contributed by atoms with van der Waals surface area (Å²) >= 11 is 5.82. The van der Waals surface area contributed by atoms with E-state index in [4.69, 9.17) is 21.4 Å². The Morgan fingerprint density at radius 2 is 2.16 bits per heavy atom. The summed E-state index contributed by atoms with van der Waals surface area (Å²) in [4.78, 5) is 7.95. The molecule has 0 aliphatic carbocycles. The van der Waals surface area contributed by atoms with Crippen LogP contribution in [-0.4, -0.2) is 41.4 Å². The zero-order chi connectivity index (χ0) is 13.7. The predicted octanol–water partition coefficient (Wildman–Crippen LogP) is 1.84. The Morgan fingerprint density at radius 3 is 2.95 bits per heavy atom. The van der Waals surface area contributed by atoms with Crippen molar-refractivity contribution < 1.29 is 14.2 Å². The maximum atomic E-state index is 13.7. The van der Waals surface area contributed by atoms with Gasteiger partial charge < -0.3 is 15.2 Å². The Hall–Kier alpha value is -1.50. The van der Waals surface area contributed by atoms with Crippen LogP contribution in [0.1, 0.15) is 0 Å². The normalized spacial score (nSPS) is 10.9. The average Bonchev–Trinajstić information content (AvgIpc) is 2.39. The number of nitrogens with one attached hydrogen (secondary N) is 1. The Labute approximate surface area is 114 Å². The second-order valence-corrected chi connectivity index (χ2v) is 4.21. The number of hydrogen-bond acceptors (Lipinski definition) is 5. The quantitative estimate of drug-likeness (QED) is 0.793. The molecular weight excluding hydrogens is 273 g/mol. The Balaban J connectivity index is 2.14. The molecule has 1 heterocycles. The van der Waals surface area contributed by atoms with Crippen molar-refractivity contribution in [1.29, 1.82) is 0 Å². The fraction of sp³-hybridized carbons (Fsp3) is 0.333. The van der Waals surface area contributed by atoms with Crippen LogP contribution in [0.15, 0.2) is 18.5 Å². The number of hydrogen-bond donors (Lipinski definition) is 2. The molecule has 19 heavy (non-hydrogen) atoms. The van der Waals surface area contributed by atoms with Crippen LogP contribution in [-0.2, 0) is 4.74 Å². The molecule has 0 aliphatic heterocycles. The van der Waals surface area contributed by atoms with E-state index < -0.39 is 5.82 Å². The number of rotatable bonds is 6. The van der Waals surface area contributed by atoms with Crippen LogP contribution in [0.3, 0.4) is 0 Å². The van der Waals surface area contributed by atoms with Crippen LogP contribution in [0.4, 0.5) is 10.2 Å². The number of halogens is 2. The molecule has 1 aromatic heterocycles. The molecule has 0 unspecified atom stereocenters. The zero-order valence-corrected chi connectivity index (χ0v) is 10.8. The summed E-state index contributed by atoms with van der Waals surface area (Å²) in [6.07, 6.45) is 1.29. The van der Waals surface area contributed by atoms with Crippen molar-refractivity contribution >= 4 is 28.3 Å². The number of benzene rings is 1. The van der Waals surface area contributed by atoms with E-state index >= 15 is 0 Å². The van der Waals surface area contributed by atoms with Crippen LogP contribution < -0.4 is 5.32 Å². The molecule has 2 rings (SSSR count). The number of anilines is 1. The maximum Gasteiger partial charge on any atom is 0.151 e. The van der Waals surface area contributed by atoms with E-state index in [-0.39, 0.29) is 18.7 Å². The summed E-state index contributed by atoms with van der Waals surface area (Å²) in [6.45, 7) is 1.17. The summed E-state index contributed by atoms with van der Waals surface area (Å²) in [5, 5.41) is 12.4. The molecular formula is C12H13ClFN3O2. The van der Waals surface area contributed by atoms with Gasteiger partial charge in [-0.3, -0.25) is 0 Å². The van der Waals surface area contributed by atoms with E-state index in [1.54, 1.807) is 6.07 Å². The molecule has 0 bridgehead atoms. The molecule has 2 N–H and O–H groups in total. The van der Waals surface area contributed by atoms with Crippen molar-refractivity contribution in [3.63, 3.8) is 0 Å². The number of fused-ring (bicyclic) bond motifs is 1. The second kappa shape index (κ2) is 6.60. The number of aliphatic hydroxyl groups is 1. The van der Waals surface area contributed by atoms with Gasteiger partial charge >= 0.3 is 0 Å². The van der Waals surface area contributed by atoms with Crippen molar-refractivity contribution in [2.45, 2.75) is 0 Å². The van der Waals surface area contributed by atoms with Crippen LogP contribution in [0.5, 0.6) is 0 Å². The first-order valence-electron chi connectivity index (χ1n) is 5.74. The first-order chi connectivity index (χ1) is 9.22. The minimum absolute atomic E-state index is 0.0166. The van der Waals surface area contributed by atoms with Crippen LogP contribution in [0.2, 0.25) is 5.02 Å². The Morgan fingerprint density at radius 1 is 1.32 bits per heavy atom. The van der Waals surface area contributed by atoms with E-state index in [1.807, 2.05) is 0 Å². The maximum absolute atomic E-state index is 13.7. The van der Waals surface area contributed by atoms with Crippen LogP contribution in [0.25, 0.3) is 10.9 Å². The lowest BCUT2D eigenvalue weighted by atomic mass is 10.2. The highest BCUT2D eigenvalue weighted by Gasteiger charge is 2.09. The zero-order valence-electron chi connectivity index (χ0n) is 10.1. The third-order valence-electron chi connectivity index (χ3n) is 2.43. The molecule has 0 amide bonds. The fourth-order valence-corrected chi connectivity index (χ4v) is 1.85. The highest BCUT2D eigenvalue weighted by molar-refractivity contribution is 6.31. The Kier molecular flexibility index (Phi) is 4.84. The molecule has 1 aromatic carbocycles. The van der Waals surface area contributed by atoms with E-state index in [2.05, 4.69) is 15.3 Å². The lowest BCUT2D eigenvalue weighted by Crippen LogP contribution is -2.12. The summed E-state index contributed by atoms with van der Waals surface area (Å²) in [5.41, 5.74) is 0.221. The fourth-order valence-electron chi connectivity index (χ4n) is 1.64. The highest BCUT2D eigenvalue weighted by Crippen LogP contribution is 2.25. The topological polar surface area (TPSA) is 67.3 Å². The van der Waals surface area contributed by atoms with Gasteiger partial charge in [-0.15, -0.1) is 0 Å². The molecule has 102 valence electrons. The third kappa shape index (κ3) is 3.50. The molecule has 0 aliphatic rings. The van der Waals surface area contributed by atoms with Gasteiger partial charge in [0.1, 0.15) is 17.7 Å². The van der Waals surface area contributed by atoms with Gasteiger partial charge in [0.05, 0.1) is 19.8 Å². The number of nitrogens with zero attached hydrogens (tertiary/aromatic N) is 2. The Bertz CT molecular complexity index is 568. The smallest absolute Gasteiger partial charge is 0.151 e. The highest BCUT2D eigenvalue weighted by atomic mass is 35.5. The second-order valence-electron chi connectivity index (χ2n) is 3.77. The van der Waals surface area contributed by atoms with Crippen molar-refractivity contribution in [2.75, 3.05) is 31.7 Å². The lowest BCUT2D eigenvalue weighted by Gasteiger charge is -2.09. The summed E-state index contributed by atoms with van der Waals surface area (Å²) in [6, 6.07) is 2.82. The standard InChI is InChI=1S/C12H13ClFN3O2/c13-8-5-9-11(10(14)6-8)16-7-17-12(9)15-1-3-19-4-2-18/h5-7,18H,1-4H2,(H,15,16,17). The van der Waals surface area contributed by atoms with Crippen molar-refractivity contribution in [3.05, 3.63) is 29.3 Å². The van der Waals surface area contributed by atoms with Crippen molar-refractivity contribution in [1.82, 2.24) is 9.97 Å². The van der Waals surface area contributed by atoms with E-state index in [9.17, 15) is 4.39 Å². The minimum Gasteiger partial charge on any atom is -0.394 e. The number of aromatic nitrogens is 2. The molecule has 0 fully saturated rings. The van der Waals surface area contributed by atoms with Crippen molar-refractivity contribution in [2.24, 2.45) is 0 Å². The monoisotopic (exact) mass is 285 g/mol. The largest absolute Gasteiger partial charge is 0.394 e. The third-order valence-corrected chi connectivity index (χ3v) is 2.65. The van der Waals surface area contributed by atoms with E-state index in [1.165, 1.54) is 12.4 Å². The molecule has 2 aromatic rings. The van der Waals surface area contributed by atoms with Crippen molar-refractivity contribution in [3.8, 4) is 0 Å². The average molecular weight is 286 g/mol. The summed E-state index contributed by atoms with van der Waals surface area (Å²) in [5.74, 6) is 0.0171. The molecule has 5 nitrogen and oxygen atoms in total. The van der Waals surface area contributed by atoms with E-state index in [0.717, 1.165) is 0 Å². The van der Waals surface area contributed by atoms with Gasteiger partial charge in [-0.05, 0) is 12.1 Å². The molecule has 0 saturated carbocycles. The molecule has 0 saturated heterocycles. The summed E-state index contributed by atoms with van der Waals surface area (Å²) in [7, 11) is 0. The molecule has 0 radical (unpaired) electrons. The van der Waals surface area contributed by atoms with Crippen LogP contribution in [0, 0.1) is 5.82 Å². The van der Waals surface area contributed by atoms with Gasteiger partial charge in [-0.2, -0.15) is 0 Å². The number of aliphatic hydroxyl groups excluding tert-OH is 1. The summed E-state index contributed by atoms with van der Waals surface area (Å²) < 4.78 is 18.8. The molecule has 7 heteroatoms. The van der Waals surface area contributed by atoms with Gasteiger partial charge in [0.2, 0.25) is 0 Å². The minimum atomic E-state index is -0.482. The van der Waals surface area contributed by atoms with Gasteiger partial charge in [0, 0.05) is 17.0 Å². The predicted molar refractivity (Wildman–Crippen MR) is 70.9 cm³/mol. The van der Waals surface area contributed by atoms with Crippen LogP contribution >= 0.6 is 11.6 Å². The van der Waals surface area contributed by atoms with E-state index in [0.29, 0.717) is 29.4 Å².